The van der Waals surface area contributed by atoms with E-state index in [-0.39, 0.29) is 23.5 Å². The number of carbonyl (C=O) groups excluding carboxylic acids is 2. The third-order valence-electron chi connectivity index (χ3n) is 5.47. The SMILES string of the molecule is NC(=O)C1CCN(c2ccc(NC(=O)c3csc(Cc4ccccc4F)n3)cc2)CC1. The number of nitrogens with two attached hydrogens (primary N) is 1. The number of amides is 2. The molecule has 6 nitrogen and oxygen atoms in total. The van der Waals surface area contributed by atoms with Crippen LogP contribution in [0.3, 0.4) is 0 Å². The zero-order valence-electron chi connectivity index (χ0n) is 16.9. The van der Waals surface area contributed by atoms with Crippen molar-refractivity contribution in [3.05, 3.63) is 76.0 Å². The summed E-state index contributed by atoms with van der Waals surface area (Å²) in [5, 5.41) is 5.22. The van der Waals surface area contributed by atoms with E-state index in [0.717, 1.165) is 31.6 Å². The number of hydrogen-bond donors (Lipinski definition) is 2. The maximum atomic E-state index is 13.8. The average Bonchev–Trinajstić information content (AvgIpc) is 3.25. The topological polar surface area (TPSA) is 88.3 Å². The Balaban J connectivity index is 1.34. The van der Waals surface area contributed by atoms with Crippen LogP contribution in [0.5, 0.6) is 0 Å². The second-order valence-electron chi connectivity index (χ2n) is 7.56. The normalized spacial score (nSPS) is 14.4. The number of hydrogen-bond acceptors (Lipinski definition) is 5. The lowest BCUT2D eigenvalue weighted by Gasteiger charge is -2.32. The molecule has 0 unspecified atom stereocenters. The molecule has 8 heteroatoms. The van der Waals surface area contributed by atoms with E-state index in [1.807, 2.05) is 24.3 Å². The van der Waals surface area contributed by atoms with E-state index in [4.69, 9.17) is 5.73 Å². The van der Waals surface area contributed by atoms with Crippen LogP contribution in [0.15, 0.2) is 53.9 Å². The number of nitrogens with one attached hydrogen (secondary N) is 1. The summed E-state index contributed by atoms with van der Waals surface area (Å²) < 4.78 is 13.8. The molecule has 31 heavy (non-hydrogen) atoms. The highest BCUT2D eigenvalue weighted by Gasteiger charge is 2.23. The van der Waals surface area contributed by atoms with Gasteiger partial charge in [0, 0.05) is 42.2 Å². The van der Waals surface area contributed by atoms with Crippen molar-refractivity contribution in [2.45, 2.75) is 19.3 Å². The van der Waals surface area contributed by atoms with Gasteiger partial charge in [-0.05, 0) is 48.7 Å². The Morgan fingerprint density at radius 2 is 1.84 bits per heavy atom. The van der Waals surface area contributed by atoms with Crippen molar-refractivity contribution in [3.63, 3.8) is 0 Å². The van der Waals surface area contributed by atoms with Crippen molar-refractivity contribution in [3.8, 4) is 0 Å². The highest BCUT2D eigenvalue weighted by Crippen LogP contribution is 2.25. The van der Waals surface area contributed by atoms with Gasteiger partial charge in [0.05, 0.1) is 5.01 Å². The van der Waals surface area contributed by atoms with E-state index in [1.165, 1.54) is 17.4 Å². The van der Waals surface area contributed by atoms with Gasteiger partial charge in [0.25, 0.3) is 5.91 Å². The zero-order chi connectivity index (χ0) is 21.8. The second-order valence-corrected chi connectivity index (χ2v) is 8.50. The molecule has 0 bridgehead atoms. The third-order valence-corrected chi connectivity index (χ3v) is 6.32. The molecule has 160 valence electrons. The lowest BCUT2D eigenvalue weighted by molar-refractivity contribution is -0.122. The van der Waals surface area contributed by atoms with Gasteiger partial charge in [-0.25, -0.2) is 9.37 Å². The summed E-state index contributed by atoms with van der Waals surface area (Å²) in [6.07, 6.45) is 1.87. The first kappa shape index (κ1) is 21.0. The molecule has 0 aliphatic carbocycles. The fourth-order valence-electron chi connectivity index (χ4n) is 3.67. The summed E-state index contributed by atoms with van der Waals surface area (Å²) >= 11 is 1.34. The highest BCUT2D eigenvalue weighted by atomic mass is 32.1. The van der Waals surface area contributed by atoms with Crippen LogP contribution >= 0.6 is 11.3 Å². The molecular formula is C23H23FN4O2S. The van der Waals surface area contributed by atoms with Crippen molar-refractivity contribution in [1.29, 1.82) is 0 Å². The number of thiazole rings is 1. The minimum absolute atomic E-state index is 0.0452. The van der Waals surface area contributed by atoms with Crippen LogP contribution in [-0.2, 0) is 11.2 Å². The van der Waals surface area contributed by atoms with E-state index in [9.17, 15) is 14.0 Å². The summed E-state index contributed by atoms with van der Waals surface area (Å²) in [5.41, 5.74) is 7.98. The van der Waals surface area contributed by atoms with Crippen molar-refractivity contribution < 1.29 is 14.0 Å². The first-order valence-corrected chi connectivity index (χ1v) is 11.0. The van der Waals surface area contributed by atoms with Crippen LogP contribution in [0.4, 0.5) is 15.8 Å². The standard InChI is InChI=1S/C23H23FN4O2S/c24-19-4-2-1-3-16(19)13-21-27-20(14-31-21)23(30)26-17-5-7-18(8-6-17)28-11-9-15(10-12-28)22(25)29/h1-8,14-15H,9-13H2,(H2,25,29)(H,26,30). The number of anilines is 2. The van der Waals surface area contributed by atoms with Crippen LogP contribution in [-0.4, -0.2) is 29.9 Å². The molecule has 4 rings (SSSR count). The first-order chi connectivity index (χ1) is 15.0. The highest BCUT2D eigenvalue weighted by molar-refractivity contribution is 7.09. The number of rotatable bonds is 6. The molecule has 0 radical (unpaired) electrons. The van der Waals surface area contributed by atoms with Gasteiger partial charge in [-0.15, -0.1) is 11.3 Å². The maximum Gasteiger partial charge on any atom is 0.275 e. The number of aromatic nitrogens is 1. The van der Waals surface area contributed by atoms with Gasteiger partial charge in [-0.1, -0.05) is 18.2 Å². The summed E-state index contributed by atoms with van der Waals surface area (Å²) in [4.78, 5) is 30.4. The Morgan fingerprint density at radius 3 is 2.52 bits per heavy atom. The average molecular weight is 439 g/mol. The molecule has 3 aromatic rings. The molecule has 2 amide bonds. The largest absolute Gasteiger partial charge is 0.371 e. The van der Waals surface area contributed by atoms with Crippen LogP contribution in [0.25, 0.3) is 0 Å². The van der Waals surface area contributed by atoms with Gasteiger partial charge in [-0.2, -0.15) is 0 Å². The summed E-state index contributed by atoms with van der Waals surface area (Å²) in [5.74, 6) is -0.846. The number of halogens is 1. The van der Waals surface area contributed by atoms with Gasteiger partial charge in [0.15, 0.2) is 0 Å². The number of benzene rings is 2. The monoisotopic (exact) mass is 438 g/mol. The predicted octanol–water partition coefficient (Wildman–Crippen LogP) is 3.83. The summed E-state index contributed by atoms with van der Waals surface area (Å²) in [6.45, 7) is 1.56. The third kappa shape index (κ3) is 5.08. The van der Waals surface area contributed by atoms with E-state index in [1.54, 1.807) is 23.6 Å². The van der Waals surface area contributed by atoms with Gasteiger partial charge in [-0.3, -0.25) is 9.59 Å². The molecule has 1 aliphatic heterocycles. The summed E-state index contributed by atoms with van der Waals surface area (Å²) in [7, 11) is 0. The van der Waals surface area contributed by atoms with Crippen LogP contribution in [0, 0.1) is 11.7 Å². The second kappa shape index (κ2) is 9.26. The number of carbonyl (C=O) groups is 2. The van der Waals surface area contributed by atoms with E-state index in [0.29, 0.717) is 28.4 Å². The molecule has 0 spiro atoms. The van der Waals surface area contributed by atoms with Crippen molar-refractivity contribution in [2.75, 3.05) is 23.3 Å². The number of nitrogens with zero attached hydrogens (tertiary/aromatic N) is 2. The van der Waals surface area contributed by atoms with Gasteiger partial charge < -0.3 is 16.0 Å². The minimum atomic E-state index is -0.300. The molecular weight excluding hydrogens is 415 g/mol. The minimum Gasteiger partial charge on any atom is -0.371 e. The fraction of sp³-hybridized carbons (Fsp3) is 0.261. The molecule has 2 heterocycles. The molecule has 0 atom stereocenters. The molecule has 1 saturated heterocycles. The quantitative estimate of drug-likeness (QED) is 0.612. The lowest BCUT2D eigenvalue weighted by atomic mass is 9.96. The Bertz CT molecular complexity index is 1080. The van der Waals surface area contributed by atoms with Crippen LogP contribution < -0.4 is 16.0 Å². The molecule has 3 N–H and O–H groups in total. The van der Waals surface area contributed by atoms with Crippen molar-refractivity contribution in [1.82, 2.24) is 4.98 Å². The van der Waals surface area contributed by atoms with Gasteiger partial charge in [0.2, 0.25) is 5.91 Å². The Kier molecular flexibility index (Phi) is 6.27. The van der Waals surface area contributed by atoms with Gasteiger partial charge >= 0.3 is 0 Å². The van der Waals surface area contributed by atoms with Crippen LogP contribution in [0.2, 0.25) is 0 Å². The molecule has 1 aromatic heterocycles. The van der Waals surface area contributed by atoms with E-state index < -0.39 is 0 Å². The maximum absolute atomic E-state index is 13.8. The smallest absolute Gasteiger partial charge is 0.275 e. The van der Waals surface area contributed by atoms with Crippen LogP contribution in [0.1, 0.15) is 33.9 Å². The molecule has 2 aromatic carbocycles. The summed E-state index contributed by atoms with van der Waals surface area (Å²) in [6, 6.07) is 14.2. The Morgan fingerprint density at radius 1 is 1.13 bits per heavy atom. The molecule has 1 fully saturated rings. The van der Waals surface area contributed by atoms with E-state index in [2.05, 4.69) is 15.2 Å². The molecule has 0 saturated carbocycles. The van der Waals surface area contributed by atoms with Crippen molar-refractivity contribution >= 4 is 34.5 Å². The number of piperidine rings is 1. The Labute approximate surface area is 183 Å². The molecule has 1 aliphatic rings. The fourth-order valence-corrected chi connectivity index (χ4v) is 4.47. The Hall–Kier alpha value is -3.26. The predicted molar refractivity (Wildman–Crippen MR) is 120 cm³/mol. The lowest BCUT2D eigenvalue weighted by Crippen LogP contribution is -2.38. The van der Waals surface area contributed by atoms with Crippen molar-refractivity contribution in [2.24, 2.45) is 11.7 Å². The van der Waals surface area contributed by atoms with E-state index >= 15 is 0 Å². The van der Waals surface area contributed by atoms with Gasteiger partial charge in [0.1, 0.15) is 11.5 Å². The zero-order valence-corrected chi connectivity index (χ0v) is 17.7. The number of primary amides is 1. The first-order valence-electron chi connectivity index (χ1n) is 10.1.